The van der Waals surface area contributed by atoms with E-state index in [1.165, 1.54) is 0 Å². The van der Waals surface area contributed by atoms with Gasteiger partial charge in [0.05, 0.1) is 24.5 Å². The van der Waals surface area contributed by atoms with Crippen molar-refractivity contribution in [2.45, 2.75) is 20.8 Å². The van der Waals surface area contributed by atoms with Gasteiger partial charge in [0.2, 0.25) is 0 Å². The van der Waals surface area contributed by atoms with Crippen molar-refractivity contribution in [2.24, 2.45) is 5.92 Å². The molecule has 1 N–H and O–H groups in total. The number of hydrogen-bond acceptors (Lipinski definition) is 4. The van der Waals surface area contributed by atoms with E-state index in [4.69, 9.17) is 14.2 Å². The summed E-state index contributed by atoms with van der Waals surface area (Å²) < 4.78 is 17.6. The molecule has 2 aromatic carbocycles. The van der Waals surface area contributed by atoms with Gasteiger partial charge < -0.3 is 19.5 Å². The van der Waals surface area contributed by atoms with Gasteiger partial charge in [0.1, 0.15) is 18.1 Å². The lowest BCUT2D eigenvalue weighted by molar-refractivity contribution is 0.101. The van der Waals surface area contributed by atoms with Gasteiger partial charge in [-0.15, -0.1) is 0 Å². The van der Waals surface area contributed by atoms with Crippen LogP contribution in [0.4, 0.5) is 5.69 Å². The largest absolute Gasteiger partial charge is 0.492 e. The number of benzene rings is 2. The minimum atomic E-state index is -0.254. The molecular weight excluding hydrogens is 410 g/mol. The van der Waals surface area contributed by atoms with Crippen molar-refractivity contribution in [3.05, 3.63) is 52.5 Å². The van der Waals surface area contributed by atoms with Crippen molar-refractivity contribution >= 4 is 27.5 Å². The molecule has 0 aliphatic carbocycles. The van der Waals surface area contributed by atoms with Gasteiger partial charge in [-0.2, -0.15) is 0 Å². The molecule has 0 radical (unpaired) electrons. The van der Waals surface area contributed by atoms with Crippen molar-refractivity contribution in [1.82, 2.24) is 0 Å². The zero-order chi connectivity index (χ0) is 19.6. The van der Waals surface area contributed by atoms with E-state index in [1.54, 1.807) is 18.2 Å². The van der Waals surface area contributed by atoms with Gasteiger partial charge in [-0.25, -0.2) is 0 Å². The van der Waals surface area contributed by atoms with Crippen molar-refractivity contribution < 1.29 is 19.0 Å². The van der Waals surface area contributed by atoms with Gasteiger partial charge in [-0.3, -0.25) is 4.79 Å². The Labute approximate surface area is 169 Å². The number of anilines is 1. The van der Waals surface area contributed by atoms with Gasteiger partial charge in [0, 0.05) is 11.1 Å². The highest BCUT2D eigenvalue weighted by Gasteiger charge is 2.16. The maximum absolute atomic E-state index is 12.9. The van der Waals surface area contributed by atoms with Crippen LogP contribution in [0.3, 0.4) is 0 Å². The molecule has 6 heteroatoms. The molecule has 0 bridgehead atoms. The van der Waals surface area contributed by atoms with Crippen LogP contribution in [0.15, 0.2) is 46.9 Å². The summed E-state index contributed by atoms with van der Waals surface area (Å²) in [7, 11) is 0. The minimum absolute atomic E-state index is 0.254. The molecule has 146 valence electrons. The second kappa shape index (κ2) is 10.9. The van der Waals surface area contributed by atoms with Gasteiger partial charge >= 0.3 is 0 Å². The fraction of sp³-hybridized carbons (Fsp3) is 0.381. The summed E-state index contributed by atoms with van der Waals surface area (Å²) in [4.78, 5) is 12.9. The quantitative estimate of drug-likeness (QED) is 0.524. The average molecular weight is 436 g/mol. The molecule has 0 unspecified atom stereocenters. The topological polar surface area (TPSA) is 56.8 Å². The van der Waals surface area contributed by atoms with Crippen LogP contribution in [0.25, 0.3) is 0 Å². The Bertz CT molecular complexity index is 749. The van der Waals surface area contributed by atoms with Crippen LogP contribution < -0.4 is 14.8 Å². The number of carbonyl (C=O) groups is 1. The SMILES string of the molecule is CCOCCOc1ccccc1NC(=O)c1cc(Br)ccc1OCC(C)C. The normalized spacial score (nSPS) is 10.7. The number of carbonyl (C=O) groups excluding carboxylic acids is 1. The third-order valence-electron chi connectivity index (χ3n) is 3.58. The van der Waals surface area contributed by atoms with E-state index in [0.29, 0.717) is 55.1 Å². The zero-order valence-electron chi connectivity index (χ0n) is 16.0. The van der Waals surface area contributed by atoms with Crippen LogP contribution in [-0.2, 0) is 4.74 Å². The van der Waals surface area contributed by atoms with E-state index >= 15 is 0 Å². The van der Waals surface area contributed by atoms with Crippen molar-refractivity contribution in [2.75, 3.05) is 31.7 Å². The molecule has 0 saturated heterocycles. The van der Waals surface area contributed by atoms with Crippen LogP contribution in [0.2, 0.25) is 0 Å². The van der Waals surface area contributed by atoms with Crippen LogP contribution in [0, 0.1) is 5.92 Å². The number of hydrogen-bond donors (Lipinski definition) is 1. The molecule has 2 rings (SSSR count). The predicted octanol–water partition coefficient (Wildman–Crippen LogP) is 5.15. The number of amides is 1. The Balaban J connectivity index is 2.14. The van der Waals surface area contributed by atoms with Crippen LogP contribution in [0.5, 0.6) is 11.5 Å². The van der Waals surface area contributed by atoms with Crippen LogP contribution in [0.1, 0.15) is 31.1 Å². The highest BCUT2D eigenvalue weighted by molar-refractivity contribution is 9.10. The fourth-order valence-corrected chi connectivity index (χ4v) is 2.66. The lowest BCUT2D eigenvalue weighted by Crippen LogP contribution is -2.16. The predicted molar refractivity (Wildman–Crippen MR) is 111 cm³/mol. The molecule has 27 heavy (non-hydrogen) atoms. The van der Waals surface area contributed by atoms with Crippen molar-refractivity contribution in [1.29, 1.82) is 0 Å². The molecule has 0 saturated carbocycles. The molecule has 0 aromatic heterocycles. The van der Waals surface area contributed by atoms with Crippen LogP contribution >= 0.6 is 15.9 Å². The first kappa shape index (κ1) is 21.3. The number of para-hydroxylation sites is 2. The van der Waals surface area contributed by atoms with Gasteiger partial charge in [0.15, 0.2) is 0 Å². The number of nitrogens with one attached hydrogen (secondary N) is 1. The first-order valence-corrected chi connectivity index (χ1v) is 9.83. The Morgan fingerprint density at radius 2 is 1.85 bits per heavy atom. The lowest BCUT2D eigenvalue weighted by Gasteiger charge is -2.15. The summed E-state index contributed by atoms with van der Waals surface area (Å²) in [5.74, 6) is 1.27. The fourth-order valence-electron chi connectivity index (χ4n) is 2.30. The second-order valence-electron chi connectivity index (χ2n) is 6.34. The van der Waals surface area contributed by atoms with E-state index < -0.39 is 0 Å². The molecule has 2 aromatic rings. The summed E-state index contributed by atoms with van der Waals surface area (Å²) in [6.45, 7) is 8.16. The number of rotatable bonds is 10. The first-order chi connectivity index (χ1) is 13.0. The van der Waals surface area contributed by atoms with E-state index in [9.17, 15) is 4.79 Å². The van der Waals surface area contributed by atoms with E-state index in [1.807, 2.05) is 31.2 Å². The van der Waals surface area contributed by atoms with Gasteiger partial charge in [-0.1, -0.05) is 41.9 Å². The minimum Gasteiger partial charge on any atom is -0.492 e. The Kier molecular flexibility index (Phi) is 8.61. The van der Waals surface area contributed by atoms with E-state index in [-0.39, 0.29) is 5.91 Å². The monoisotopic (exact) mass is 435 g/mol. The molecule has 0 aliphatic heterocycles. The Morgan fingerprint density at radius 3 is 2.59 bits per heavy atom. The van der Waals surface area contributed by atoms with Crippen molar-refractivity contribution in [3.63, 3.8) is 0 Å². The molecule has 0 fully saturated rings. The summed E-state index contributed by atoms with van der Waals surface area (Å²) >= 11 is 3.42. The molecule has 5 nitrogen and oxygen atoms in total. The summed E-state index contributed by atoms with van der Waals surface area (Å²) in [5.41, 5.74) is 1.07. The van der Waals surface area contributed by atoms with Crippen molar-refractivity contribution in [3.8, 4) is 11.5 Å². The molecule has 0 aliphatic rings. The number of ether oxygens (including phenoxy) is 3. The zero-order valence-corrected chi connectivity index (χ0v) is 17.5. The molecule has 0 heterocycles. The maximum Gasteiger partial charge on any atom is 0.259 e. The smallest absolute Gasteiger partial charge is 0.259 e. The number of halogens is 1. The molecular formula is C21H26BrNO4. The molecule has 0 atom stereocenters. The Morgan fingerprint density at radius 1 is 1.07 bits per heavy atom. The standard InChI is InChI=1S/C21H26BrNO4/c1-4-25-11-12-26-20-8-6-5-7-18(20)23-21(24)17-13-16(22)9-10-19(17)27-14-15(2)3/h5-10,13,15H,4,11-12,14H2,1-3H3,(H,23,24). The first-order valence-electron chi connectivity index (χ1n) is 9.04. The van der Waals surface area contributed by atoms with E-state index in [2.05, 4.69) is 35.1 Å². The third kappa shape index (κ3) is 6.88. The van der Waals surface area contributed by atoms with Gasteiger partial charge in [-0.05, 0) is 43.2 Å². The summed E-state index contributed by atoms with van der Waals surface area (Å²) in [6, 6.07) is 12.7. The van der Waals surface area contributed by atoms with E-state index in [0.717, 1.165) is 4.47 Å². The molecule has 0 spiro atoms. The third-order valence-corrected chi connectivity index (χ3v) is 4.08. The molecule has 1 amide bonds. The highest BCUT2D eigenvalue weighted by atomic mass is 79.9. The second-order valence-corrected chi connectivity index (χ2v) is 7.26. The summed E-state index contributed by atoms with van der Waals surface area (Å²) in [5, 5.41) is 2.92. The van der Waals surface area contributed by atoms with Gasteiger partial charge in [0.25, 0.3) is 5.91 Å². The summed E-state index contributed by atoms with van der Waals surface area (Å²) in [6.07, 6.45) is 0. The Hall–Kier alpha value is -2.05. The highest BCUT2D eigenvalue weighted by Crippen LogP contribution is 2.28. The van der Waals surface area contributed by atoms with Crippen LogP contribution in [-0.4, -0.2) is 32.3 Å². The lowest BCUT2D eigenvalue weighted by atomic mass is 10.1. The maximum atomic E-state index is 12.9. The average Bonchev–Trinajstić information content (AvgIpc) is 2.65.